The average Bonchev–Trinajstić information content (AvgIpc) is 2.19. The number of methoxy groups -OCH3 is 2. The summed E-state index contributed by atoms with van der Waals surface area (Å²) in [4.78, 5) is 8.31. The molecule has 0 aromatic carbocycles. The van der Waals surface area contributed by atoms with Crippen LogP contribution >= 0.6 is 0 Å². The zero-order valence-corrected chi connectivity index (χ0v) is 9.02. The molecule has 1 heterocycles. The lowest BCUT2D eigenvalue weighted by molar-refractivity contribution is 0.0607. The number of hydrogen-bond donors (Lipinski definition) is 0. The number of hydrogen-bond acceptors (Lipinski definition) is 4. The van der Waals surface area contributed by atoms with Gasteiger partial charge in [-0.05, 0) is 5.92 Å². The Bertz CT molecular complexity index is 272. The van der Waals surface area contributed by atoms with Gasteiger partial charge in [0.2, 0.25) is 5.88 Å². The highest BCUT2D eigenvalue weighted by molar-refractivity contribution is 5.09. The number of ether oxygens (including phenoxy) is 2. The molecule has 0 N–H and O–H groups in total. The zero-order valence-electron chi connectivity index (χ0n) is 9.02. The van der Waals surface area contributed by atoms with Crippen LogP contribution in [0.1, 0.15) is 25.6 Å². The van der Waals surface area contributed by atoms with Crippen LogP contribution in [0.4, 0.5) is 0 Å². The monoisotopic (exact) mass is 196 g/mol. The number of aromatic nitrogens is 2. The minimum Gasteiger partial charge on any atom is -0.480 e. The molecule has 0 aliphatic carbocycles. The molecule has 4 nitrogen and oxygen atoms in total. The van der Waals surface area contributed by atoms with Crippen LogP contribution in [0.5, 0.6) is 5.88 Å². The van der Waals surface area contributed by atoms with E-state index in [1.807, 2.05) is 0 Å². The van der Waals surface area contributed by atoms with E-state index >= 15 is 0 Å². The van der Waals surface area contributed by atoms with Gasteiger partial charge in [0.05, 0.1) is 25.2 Å². The van der Waals surface area contributed by atoms with Crippen LogP contribution in [0.2, 0.25) is 0 Å². The predicted octanol–water partition coefficient (Wildman–Crippen LogP) is 1.83. The minimum atomic E-state index is -0.00611. The predicted molar refractivity (Wildman–Crippen MR) is 53.2 cm³/mol. The standard InChI is InChI=1S/C10H16N2O2/c1-7(2)10(14-4)8-5-12-9(13-3)6-11-8/h5-7,10H,1-4H3/t10-/m0/s1. The third-order valence-corrected chi connectivity index (χ3v) is 2.01. The van der Waals surface area contributed by atoms with Gasteiger partial charge in [0.1, 0.15) is 6.10 Å². The van der Waals surface area contributed by atoms with Gasteiger partial charge in [-0.1, -0.05) is 13.8 Å². The molecule has 0 amide bonds. The largest absolute Gasteiger partial charge is 0.480 e. The average molecular weight is 196 g/mol. The molecule has 78 valence electrons. The van der Waals surface area contributed by atoms with Gasteiger partial charge in [-0.3, -0.25) is 4.98 Å². The molecular weight excluding hydrogens is 180 g/mol. The van der Waals surface area contributed by atoms with Crippen molar-refractivity contribution in [1.82, 2.24) is 9.97 Å². The van der Waals surface area contributed by atoms with Gasteiger partial charge in [-0.25, -0.2) is 4.98 Å². The smallest absolute Gasteiger partial charge is 0.231 e. The van der Waals surface area contributed by atoms with Crippen molar-refractivity contribution in [2.45, 2.75) is 20.0 Å². The molecule has 1 rings (SSSR count). The summed E-state index contributed by atoms with van der Waals surface area (Å²) in [5.41, 5.74) is 0.836. The lowest BCUT2D eigenvalue weighted by Gasteiger charge is -2.17. The highest BCUT2D eigenvalue weighted by Crippen LogP contribution is 2.22. The van der Waals surface area contributed by atoms with Crippen LogP contribution in [-0.4, -0.2) is 24.2 Å². The summed E-state index contributed by atoms with van der Waals surface area (Å²) in [5, 5.41) is 0. The molecule has 1 aromatic rings. The molecule has 0 aliphatic heterocycles. The molecule has 0 radical (unpaired) electrons. The van der Waals surface area contributed by atoms with E-state index in [1.54, 1.807) is 26.6 Å². The lowest BCUT2D eigenvalue weighted by atomic mass is 10.0. The topological polar surface area (TPSA) is 44.2 Å². The Hall–Kier alpha value is -1.16. The molecular formula is C10H16N2O2. The highest BCUT2D eigenvalue weighted by Gasteiger charge is 2.16. The molecule has 0 aliphatic rings. The van der Waals surface area contributed by atoms with Crippen molar-refractivity contribution in [3.05, 3.63) is 18.1 Å². The molecule has 0 bridgehead atoms. The van der Waals surface area contributed by atoms with E-state index in [0.717, 1.165) is 5.69 Å². The molecule has 4 heteroatoms. The third kappa shape index (κ3) is 2.42. The van der Waals surface area contributed by atoms with Crippen LogP contribution in [0.25, 0.3) is 0 Å². The maximum Gasteiger partial charge on any atom is 0.231 e. The van der Waals surface area contributed by atoms with E-state index < -0.39 is 0 Å². The summed E-state index contributed by atoms with van der Waals surface area (Å²) in [6.45, 7) is 4.17. The number of nitrogens with zero attached hydrogens (tertiary/aromatic N) is 2. The van der Waals surface area contributed by atoms with Gasteiger partial charge in [0.15, 0.2) is 0 Å². The van der Waals surface area contributed by atoms with Crippen molar-refractivity contribution >= 4 is 0 Å². The zero-order chi connectivity index (χ0) is 10.6. The molecule has 0 spiro atoms. The van der Waals surface area contributed by atoms with E-state index in [-0.39, 0.29) is 6.10 Å². The second-order valence-corrected chi connectivity index (χ2v) is 3.38. The second-order valence-electron chi connectivity index (χ2n) is 3.38. The van der Waals surface area contributed by atoms with Crippen molar-refractivity contribution in [2.24, 2.45) is 5.92 Å². The summed E-state index contributed by atoms with van der Waals surface area (Å²) in [6.07, 6.45) is 3.28. The van der Waals surface area contributed by atoms with E-state index in [1.165, 1.54) is 0 Å². The van der Waals surface area contributed by atoms with Crippen LogP contribution < -0.4 is 4.74 Å². The summed E-state index contributed by atoms with van der Waals surface area (Å²) in [7, 11) is 3.25. The Labute approximate surface area is 84.3 Å². The molecule has 1 atom stereocenters. The van der Waals surface area contributed by atoms with Gasteiger partial charge in [-0.15, -0.1) is 0 Å². The van der Waals surface area contributed by atoms with E-state index in [0.29, 0.717) is 11.8 Å². The first-order valence-corrected chi connectivity index (χ1v) is 4.57. The highest BCUT2D eigenvalue weighted by atomic mass is 16.5. The van der Waals surface area contributed by atoms with Crippen molar-refractivity contribution < 1.29 is 9.47 Å². The van der Waals surface area contributed by atoms with E-state index in [9.17, 15) is 0 Å². The first-order valence-electron chi connectivity index (χ1n) is 4.57. The van der Waals surface area contributed by atoms with Crippen molar-refractivity contribution in [3.8, 4) is 5.88 Å². The van der Waals surface area contributed by atoms with Crippen LogP contribution in [-0.2, 0) is 4.74 Å². The van der Waals surface area contributed by atoms with Gasteiger partial charge in [0.25, 0.3) is 0 Å². The Kier molecular flexibility index (Phi) is 3.83. The summed E-state index contributed by atoms with van der Waals surface area (Å²) >= 11 is 0. The first kappa shape index (κ1) is 10.9. The van der Waals surface area contributed by atoms with Gasteiger partial charge >= 0.3 is 0 Å². The lowest BCUT2D eigenvalue weighted by Crippen LogP contribution is -2.11. The fourth-order valence-corrected chi connectivity index (χ4v) is 1.31. The molecule has 1 aromatic heterocycles. The minimum absolute atomic E-state index is 0.00611. The third-order valence-electron chi connectivity index (χ3n) is 2.01. The SMILES string of the molecule is COc1cnc([C@@H](OC)C(C)C)cn1. The normalized spacial score (nSPS) is 12.9. The summed E-state index contributed by atoms with van der Waals surface area (Å²) in [6, 6.07) is 0. The van der Waals surface area contributed by atoms with E-state index in [2.05, 4.69) is 23.8 Å². The molecule has 0 saturated carbocycles. The van der Waals surface area contributed by atoms with Crippen molar-refractivity contribution in [1.29, 1.82) is 0 Å². The maximum absolute atomic E-state index is 5.33. The maximum atomic E-state index is 5.33. The summed E-state index contributed by atoms with van der Waals surface area (Å²) in [5.74, 6) is 0.898. The molecule has 14 heavy (non-hydrogen) atoms. The molecule has 0 fully saturated rings. The second kappa shape index (κ2) is 4.91. The van der Waals surface area contributed by atoms with Crippen LogP contribution in [0.15, 0.2) is 12.4 Å². The van der Waals surface area contributed by atoms with Crippen LogP contribution in [0, 0.1) is 5.92 Å². The Morgan fingerprint density at radius 3 is 2.21 bits per heavy atom. The number of rotatable bonds is 4. The van der Waals surface area contributed by atoms with E-state index in [4.69, 9.17) is 9.47 Å². The quantitative estimate of drug-likeness (QED) is 0.737. The van der Waals surface area contributed by atoms with Gasteiger partial charge < -0.3 is 9.47 Å². The van der Waals surface area contributed by atoms with Gasteiger partial charge in [-0.2, -0.15) is 0 Å². The Morgan fingerprint density at radius 2 is 1.86 bits per heavy atom. The fourth-order valence-electron chi connectivity index (χ4n) is 1.31. The first-order chi connectivity index (χ1) is 6.69. The van der Waals surface area contributed by atoms with Crippen molar-refractivity contribution in [2.75, 3.05) is 14.2 Å². The van der Waals surface area contributed by atoms with Crippen molar-refractivity contribution in [3.63, 3.8) is 0 Å². The molecule has 0 unspecified atom stereocenters. The Morgan fingerprint density at radius 1 is 1.14 bits per heavy atom. The fraction of sp³-hybridized carbons (Fsp3) is 0.600. The van der Waals surface area contributed by atoms with Gasteiger partial charge in [0, 0.05) is 7.11 Å². The summed E-state index contributed by atoms with van der Waals surface area (Å²) < 4.78 is 10.3. The van der Waals surface area contributed by atoms with Crippen LogP contribution in [0.3, 0.4) is 0 Å². The molecule has 0 saturated heterocycles. The Balaban J connectivity index is 2.84.